The third kappa shape index (κ3) is 4.72. The Morgan fingerprint density at radius 2 is 1.71 bits per heavy atom. The Morgan fingerprint density at radius 1 is 1.06 bits per heavy atom. The van der Waals surface area contributed by atoms with Crippen molar-refractivity contribution in [1.82, 2.24) is 9.88 Å². The molecule has 8 heteroatoms. The highest BCUT2D eigenvalue weighted by atomic mass is 32.1. The maximum absolute atomic E-state index is 13.2. The van der Waals surface area contributed by atoms with E-state index < -0.39 is 23.8 Å². The zero-order valence-electron chi connectivity index (χ0n) is 19.4. The number of rotatable bonds is 9. The molecule has 1 N–H and O–H groups in total. The number of unbranched alkanes of at least 4 members (excludes halogenated alkanes) is 1. The van der Waals surface area contributed by atoms with Crippen LogP contribution in [0.3, 0.4) is 0 Å². The molecule has 1 unspecified atom stereocenters. The van der Waals surface area contributed by atoms with E-state index in [9.17, 15) is 14.4 Å². The van der Waals surface area contributed by atoms with Crippen molar-refractivity contribution in [1.29, 1.82) is 0 Å². The summed E-state index contributed by atoms with van der Waals surface area (Å²) < 4.78 is 5.70. The van der Waals surface area contributed by atoms with E-state index in [1.807, 2.05) is 43.5 Å². The predicted octanol–water partition coefficient (Wildman–Crippen LogP) is 5.25. The van der Waals surface area contributed by atoms with Crippen molar-refractivity contribution < 1.29 is 19.1 Å². The number of hydrogen-bond donors (Lipinski definition) is 1. The Hall–Kier alpha value is -3.52. The molecule has 3 aromatic rings. The number of nitrogens with one attached hydrogen (secondary N) is 1. The monoisotopic (exact) mass is 477 g/mol. The van der Waals surface area contributed by atoms with Gasteiger partial charge in [-0.15, -0.1) is 11.3 Å². The summed E-state index contributed by atoms with van der Waals surface area (Å²) in [4.78, 5) is 44.6. The van der Waals surface area contributed by atoms with Crippen LogP contribution in [0.1, 0.15) is 54.3 Å². The summed E-state index contributed by atoms with van der Waals surface area (Å²) in [7, 11) is 0. The molecule has 176 valence electrons. The fraction of sp³-hybridized carbons (Fsp3) is 0.308. The van der Waals surface area contributed by atoms with Crippen molar-refractivity contribution in [2.45, 2.75) is 39.7 Å². The second-order valence-electron chi connectivity index (χ2n) is 8.47. The van der Waals surface area contributed by atoms with Crippen LogP contribution < -0.4 is 10.1 Å². The first kappa shape index (κ1) is 23.6. The first-order valence-electron chi connectivity index (χ1n) is 11.4. The number of imide groups is 1. The van der Waals surface area contributed by atoms with Gasteiger partial charge < -0.3 is 10.1 Å². The van der Waals surface area contributed by atoms with E-state index in [1.165, 1.54) is 11.3 Å². The van der Waals surface area contributed by atoms with Gasteiger partial charge in [0.15, 0.2) is 5.13 Å². The molecule has 0 radical (unpaired) electrons. The van der Waals surface area contributed by atoms with Gasteiger partial charge in [0.25, 0.3) is 11.8 Å². The third-order valence-electron chi connectivity index (χ3n) is 5.65. The maximum Gasteiger partial charge on any atom is 0.262 e. The summed E-state index contributed by atoms with van der Waals surface area (Å²) in [6.07, 6.45) is 2.09. The largest absolute Gasteiger partial charge is 0.494 e. The lowest BCUT2D eigenvalue weighted by atomic mass is 10.0. The molecule has 2 aromatic carbocycles. The van der Waals surface area contributed by atoms with Crippen LogP contribution in [0.2, 0.25) is 0 Å². The number of amides is 3. The number of hydrogen-bond acceptors (Lipinski definition) is 6. The van der Waals surface area contributed by atoms with Crippen molar-refractivity contribution in [3.63, 3.8) is 0 Å². The van der Waals surface area contributed by atoms with Crippen LogP contribution in [0, 0.1) is 5.92 Å². The first-order valence-corrected chi connectivity index (χ1v) is 12.2. The van der Waals surface area contributed by atoms with Gasteiger partial charge in [0, 0.05) is 10.9 Å². The van der Waals surface area contributed by atoms with Crippen LogP contribution >= 0.6 is 11.3 Å². The number of benzene rings is 2. The molecule has 0 saturated carbocycles. The van der Waals surface area contributed by atoms with Crippen molar-refractivity contribution in [2.24, 2.45) is 5.92 Å². The van der Waals surface area contributed by atoms with Crippen molar-refractivity contribution >= 4 is 34.2 Å². The number of aromatic nitrogens is 1. The summed E-state index contributed by atoms with van der Waals surface area (Å²) >= 11 is 1.29. The lowest BCUT2D eigenvalue weighted by Crippen LogP contribution is -2.50. The van der Waals surface area contributed by atoms with Gasteiger partial charge in [-0.3, -0.25) is 19.3 Å². The highest BCUT2D eigenvalue weighted by molar-refractivity contribution is 7.14. The summed E-state index contributed by atoms with van der Waals surface area (Å²) in [5, 5.41) is 5.07. The normalized spacial score (nSPS) is 13.8. The molecule has 1 aliphatic rings. The minimum absolute atomic E-state index is 0.276. The Kier molecular flexibility index (Phi) is 7.07. The van der Waals surface area contributed by atoms with E-state index >= 15 is 0 Å². The number of ether oxygens (including phenoxy) is 1. The molecule has 34 heavy (non-hydrogen) atoms. The minimum Gasteiger partial charge on any atom is -0.494 e. The van der Waals surface area contributed by atoms with E-state index in [1.54, 1.807) is 24.3 Å². The van der Waals surface area contributed by atoms with Gasteiger partial charge in [-0.2, -0.15) is 0 Å². The van der Waals surface area contributed by atoms with Crippen LogP contribution in [0.5, 0.6) is 5.75 Å². The Morgan fingerprint density at radius 3 is 2.29 bits per heavy atom. The van der Waals surface area contributed by atoms with Crippen molar-refractivity contribution in [2.75, 3.05) is 11.9 Å². The van der Waals surface area contributed by atoms with Gasteiger partial charge in [-0.1, -0.05) is 39.3 Å². The minimum atomic E-state index is -0.945. The lowest BCUT2D eigenvalue weighted by molar-refractivity contribution is -0.121. The van der Waals surface area contributed by atoms with Crippen LogP contribution in [0.25, 0.3) is 11.3 Å². The standard InChI is InChI=1S/C26H27N3O4S/c1-4-5-14-33-18-12-10-17(11-13-18)21-15-34-26(27-21)28-23(30)22(16(2)3)29-24(31)19-8-6-7-9-20(19)25(29)32/h6-13,15-16,22H,4-5,14H2,1-3H3,(H,27,28,30). The average Bonchev–Trinajstić information content (AvgIpc) is 3.39. The quantitative estimate of drug-likeness (QED) is 0.336. The van der Waals surface area contributed by atoms with Gasteiger partial charge in [0.05, 0.1) is 23.4 Å². The maximum atomic E-state index is 13.2. The molecule has 0 saturated heterocycles. The second kappa shape index (κ2) is 10.2. The predicted molar refractivity (Wildman–Crippen MR) is 132 cm³/mol. The van der Waals surface area contributed by atoms with E-state index in [4.69, 9.17) is 4.74 Å². The molecular formula is C26H27N3O4S. The molecule has 7 nitrogen and oxygen atoms in total. The number of fused-ring (bicyclic) bond motifs is 1. The number of nitrogens with zero attached hydrogens (tertiary/aromatic N) is 2. The number of carbonyl (C=O) groups excluding carboxylic acids is 3. The van der Waals surface area contributed by atoms with Crippen LogP contribution in [-0.4, -0.2) is 40.3 Å². The van der Waals surface area contributed by atoms with Crippen LogP contribution in [-0.2, 0) is 4.79 Å². The van der Waals surface area contributed by atoms with Gasteiger partial charge >= 0.3 is 0 Å². The highest BCUT2D eigenvalue weighted by Crippen LogP contribution is 2.30. The highest BCUT2D eigenvalue weighted by Gasteiger charge is 2.44. The van der Waals surface area contributed by atoms with E-state index in [2.05, 4.69) is 17.2 Å². The third-order valence-corrected chi connectivity index (χ3v) is 6.41. The fourth-order valence-corrected chi connectivity index (χ4v) is 4.60. The Bertz CT molecular complexity index is 1170. The SMILES string of the molecule is CCCCOc1ccc(-c2csc(NC(=O)C(C(C)C)N3C(=O)c4ccccc4C3=O)n2)cc1. The molecule has 0 aliphatic carbocycles. The summed E-state index contributed by atoms with van der Waals surface area (Å²) in [5.74, 6) is -0.806. The molecular weight excluding hydrogens is 450 g/mol. The van der Waals surface area contributed by atoms with Gasteiger partial charge in [0.1, 0.15) is 11.8 Å². The van der Waals surface area contributed by atoms with Crippen molar-refractivity contribution in [3.05, 3.63) is 65.0 Å². The molecule has 1 aliphatic heterocycles. The summed E-state index contributed by atoms with van der Waals surface area (Å²) in [5.41, 5.74) is 2.27. The molecule has 1 aromatic heterocycles. The smallest absolute Gasteiger partial charge is 0.262 e. The summed E-state index contributed by atoms with van der Waals surface area (Å²) in [6, 6.07) is 13.3. The molecule has 0 spiro atoms. The molecule has 1 atom stereocenters. The molecule has 2 heterocycles. The average molecular weight is 478 g/mol. The molecule has 0 fully saturated rings. The molecule has 3 amide bonds. The van der Waals surface area contributed by atoms with E-state index in [0.29, 0.717) is 22.9 Å². The number of carbonyl (C=O) groups is 3. The molecule has 4 rings (SSSR count). The Labute approximate surface area is 202 Å². The first-order chi connectivity index (χ1) is 16.4. The second-order valence-corrected chi connectivity index (χ2v) is 9.33. The van der Waals surface area contributed by atoms with E-state index in [-0.39, 0.29) is 5.92 Å². The fourth-order valence-electron chi connectivity index (χ4n) is 3.88. The van der Waals surface area contributed by atoms with Gasteiger partial charge in [-0.05, 0) is 48.7 Å². The van der Waals surface area contributed by atoms with Gasteiger partial charge in [0.2, 0.25) is 5.91 Å². The topological polar surface area (TPSA) is 88.6 Å². The number of anilines is 1. The zero-order valence-corrected chi connectivity index (χ0v) is 20.2. The molecule has 0 bridgehead atoms. The van der Waals surface area contributed by atoms with Gasteiger partial charge in [-0.25, -0.2) is 4.98 Å². The van der Waals surface area contributed by atoms with Crippen molar-refractivity contribution in [3.8, 4) is 17.0 Å². The van der Waals surface area contributed by atoms with Crippen LogP contribution in [0.4, 0.5) is 5.13 Å². The van der Waals surface area contributed by atoms with E-state index in [0.717, 1.165) is 34.7 Å². The summed E-state index contributed by atoms with van der Waals surface area (Å²) in [6.45, 7) is 6.43. The Balaban J connectivity index is 1.47. The lowest BCUT2D eigenvalue weighted by Gasteiger charge is -2.27. The zero-order chi connectivity index (χ0) is 24.2. The van der Waals surface area contributed by atoms with Crippen LogP contribution in [0.15, 0.2) is 53.9 Å². The number of thiazole rings is 1.